The molecule has 1 atom stereocenters. The van der Waals surface area contributed by atoms with Gasteiger partial charge in [-0.05, 0) is 48.2 Å². The molecule has 0 aromatic heterocycles. The molecule has 0 fully saturated rings. The summed E-state index contributed by atoms with van der Waals surface area (Å²) in [6, 6.07) is 11.0. The molecular weight excluding hydrogens is 373 g/mol. The average molecular weight is 392 g/mol. The first-order chi connectivity index (χ1) is 12.5. The monoisotopic (exact) mass is 391 g/mol. The molecule has 1 unspecified atom stereocenters. The van der Waals surface area contributed by atoms with Crippen LogP contribution in [-0.4, -0.2) is 20.0 Å². The summed E-state index contributed by atoms with van der Waals surface area (Å²) in [5, 5.41) is 4.34. The first-order valence-corrected chi connectivity index (χ1v) is 8.92. The molecule has 1 aliphatic rings. The Morgan fingerprint density at radius 2 is 1.65 bits per heavy atom. The van der Waals surface area contributed by atoms with Gasteiger partial charge in [-0.1, -0.05) is 29.3 Å². The highest BCUT2D eigenvalue weighted by Gasteiger charge is 2.23. The van der Waals surface area contributed by atoms with E-state index in [1.807, 2.05) is 18.2 Å². The molecule has 2 aromatic carbocycles. The molecule has 0 heterocycles. The Morgan fingerprint density at radius 3 is 2.31 bits per heavy atom. The number of halogens is 2. The normalized spacial score (nSPS) is 16.8. The highest BCUT2D eigenvalue weighted by Crippen LogP contribution is 2.37. The highest BCUT2D eigenvalue weighted by molar-refractivity contribution is 6.35. The van der Waals surface area contributed by atoms with Crippen LogP contribution in [0.5, 0.6) is 11.5 Å². The van der Waals surface area contributed by atoms with Crippen LogP contribution in [0, 0.1) is 0 Å². The van der Waals surface area contributed by atoms with Crippen molar-refractivity contribution in [2.45, 2.75) is 18.8 Å². The minimum absolute atomic E-state index is 0.0597. The molecule has 4 nitrogen and oxygen atoms in total. The van der Waals surface area contributed by atoms with Gasteiger partial charge >= 0.3 is 0 Å². The van der Waals surface area contributed by atoms with Crippen molar-refractivity contribution < 1.29 is 14.3 Å². The second-order valence-corrected chi connectivity index (χ2v) is 7.01. The lowest BCUT2D eigenvalue weighted by molar-refractivity contribution is -0.115. The van der Waals surface area contributed by atoms with Crippen molar-refractivity contribution in [1.29, 1.82) is 0 Å². The number of nitrogens with one attached hydrogen (secondary N) is 1. The number of methoxy groups -OCH3 is 2. The Balaban J connectivity index is 1.82. The molecular formula is C20H19Cl2NO3. The fourth-order valence-electron chi connectivity index (χ4n) is 3.13. The van der Waals surface area contributed by atoms with Crippen molar-refractivity contribution in [2.75, 3.05) is 19.5 Å². The van der Waals surface area contributed by atoms with Crippen LogP contribution in [-0.2, 0) is 4.79 Å². The predicted octanol–water partition coefficient (Wildman–Crippen LogP) is 5.45. The Morgan fingerprint density at radius 1 is 0.962 bits per heavy atom. The standard InChI is InChI=1S/C20H19Cl2NO3/c1-25-19-4-3-12(7-20(19)26-2)13-5-16(11-18(24)6-13)23-17-9-14(21)8-15(22)10-17/h3-4,7-11,13,23H,5-6H2,1-2H3. The van der Waals surface area contributed by atoms with Crippen LogP contribution in [0.15, 0.2) is 48.2 Å². The zero-order valence-electron chi connectivity index (χ0n) is 14.5. The molecule has 26 heavy (non-hydrogen) atoms. The molecule has 0 radical (unpaired) electrons. The molecule has 0 spiro atoms. The lowest BCUT2D eigenvalue weighted by atomic mass is 9.85. The predicted molar refractivity (Wildman–Crippen MR) is 105 cm³/mol. The van der Waals surface area contributed by atoms with Gasteiger partial charge in [-0.2, -0.15) is 0 Å². The number of ketones is 1. The van der Waals surface area contributed by atoms with Crippen LogP contribution in [0.25, 0.3) is 0 Å². The third-order valence-electron chi connectivity index (χ3n) is 4.30. The molecule has 2 aromatic rings. The second kappa shape index (κ2) is 8.02. The molecule has 0 amide bonds. The molecule has 0 aliphatic heterocycles. The minimum Gasteiger partial charge on any atom is -0.493 e. The van der Waals surface area contributed by atoms with E-state index in [0.717, 1.165) is 16.9 Å². The lowest BCUT2D eigenvalue weighted by Gasteiger charge is -2.24. The van der Waals surface area contributed by atoms with E-state index < -0.39 is 0 Å². The summed E-state index contributed by atoms with van der Waals surface area (Å²) in [5.74, 6) is 1.46. The van der Waals surface area contributed by atoms with E-state index in [1.54, 1.807) is 38.5 Å². The fraction of sp³-hybridized carbons (Fsp3) is 0.250. The van der Waals surface area contributed by atoms with Gasteiger partial charge in [-0.15, -0.1) is 0 Å². The summed E-state index contributed by atoms with van der Waals surface area (Å²) in [7, 11) is 3.20. The number of benzene rings is 2. The van der Waals surface area contributed by atoms with Crippen molar-refractivity contribution in [1.82, 2.24) is 0 Å². The lowest BCUT2D eigenvalue weighted by Crippen LogP contribution is -2.16. The van der Waals surface area contributed by atoms with E-state index in [1.165, 1.54) is 0 Å². The number of carbonyl (C=O) groups is 1. The van der Waals surface area contributed by atoms with Gasteiger partial charge in [0.2, 0.25) is 0 Å². The average Bonchev–Trinajstić information content (AvgIpc) is 2.59. The van der Waals surface area contributed by atoms with Gasteiger partial charge < -0.3 is 14.8 Å². The maximum atomic E-state index is 12.2. The number of anilines is 1. The topological polar surface area (TPSA) is 47.6 Å². The summed E-state index contributed by atoms with van der Waals surface area (Å²) in [4.78, 5) is 12.2. The van der Waals surface area contributed by atoms with E-state index in [4.69, 9.17) is 32.7 Å². The summed E-state index contributed by atoms with van der Waals surface area (Å²) in [6.45, 7) is 0. The van der Waals surface area contributed by atoms with E-state index in [-0.39, 0.29) is 11.7 Å². The Labute approximate surface area is 162 Å². The van der Waals surface area contributed by atoms with Crippen molar-refractivity contribution in [3.63, 3.8) is 0 Å². The van der Waals surface area contributed by atoms with Gasteiger partial charge in [0.1, 0.15) is 0 Å². The number of hydrogen-bond donors (Lipinski definition) is 1. The van der Waals surface area contributed by atoms with Crippen LogP contribution < -0.4 is 14.8 Å². The van der Waals surface area contributed by atoms with Crippen LogP contribution in [0.2, 0.25) is 10.0 Å². The zero-order valence-corrected chi connectivity index (χ0v) is 16.0. The quantitative estimate of drug-likeness (QED) is 0.735. The van der Waals surface area contributed by atoms with Crippen molar-refractivity contribution >= 4 is 34.7 Å². The number of ether oxygens (including phenoxy) is 2. The minimum atomic E-state index is 0.0597. The molecule has 0 saturated carbocycles. The third-order valence-corrected chi connectivity index (χ3v) is 4.73. The molecule has 136 valence electrons. The fourth-order valence-corrected chi connectivity index (χ4v) is 3.66. The molecule has 6 heteroatoms. The van der Waals surface area contributed by atoms with E-state index in [2.05, 4.69) is 5.32 Å². The highest BCUT2D eigenvalue weighted by atomic mass is 35.5. The van der Waals surface area contributed by atoms with Crippen LogP contribution in [0.3, 0.4) is 0 Å². The van der Waals surface area contributed by atoms with E-state index >= 15 is 0 Å². The molecule has 1 aliphatic carbocycles. The first kappa shape index (κ1) is 18.6. The third kappa shape index (κ3) is 4.32. The van der Waals surface area contributed by atoms with Gasteiger partial charge in [0.05, 0.1) is 14.2 Å². The Kier molecular flexibility index (Phi) is 5.74. The van der Waals surface area contributed by atoms with Gasteiger partial charge in [-0.3, -0.25) is 4.79 Å². The Hall–Kier alpha value is -2.17. The smallest absolute Gasteiger partial charge is 0.160 e. The van der Waals surface area contributed by atoms with Crippen LogP contribution in [0.1, 0.15) is 24.3 Å². The van der Waals surface area contributed by atoms with E-state index in [9.17, 15) is 4.79 Å². The van der Waals surface area contributed by atoms with Gasteiger partial charge in [0.25, 0.3) is 0 Å². The summed E-state index contributed by atoms with van der Waals surface area (Å²) < 4.78 is 10.7. The van der Waals surface area contributed by atoms with Crippen molar-refractivity contribution in [3.05, 3.63) is 63.8 Å². The number of allylic oxidation sites excluding steroid dienone is 2. The molecule has 1 N–H and O–H groups in total. The second-order valence-electron chi connectivity index (χ2n) is 6.14. The maximum absolute atomic E-state index is 12.2. The van der Waals surface area contributed by atoms with Gasteiger partial charge in [-0.25, -0.2) is 0 Å². The van der Waals surface area contributed by atoms with E-state index in [0.29, 0.717) is 34.4 Å². The summed E-state index contributed by atoms with van der Waals surface area (Å²) in [6.07, 6.45) is 2.80. The van der Waals surface area contributed by atoms with Crippen molar-refractivity contribution in [2.24, 2.45) is 0 Å². The Bertz CT molecular complexity index is 844. The first-order valence-electron chi connectivity index (χ1n) is 8.17. The number of carbonyl (C=O) groups excluding carboxylic acids is 1. The number of rotatable bonds is 5. The van der Waals surface area contributed by atoms with Crippen molar-refractivity contribution in [3.8, 4) is 11.5 Å². The van der Waals surface area contributed by atoms with Gasteiger partial charge in [0.15, 0.2) is 17.3 Å². The molecule has 0 saturated heterocycles. The molecule has 0 bridgehead atoms. The van der Waals surface area contributed by atoms with Crippen LogP contribution in [0.4, 0.5) is 5.69 Å². The van der Waals surface area contributed by atoms with Gasteiger partial charge in [0, 0.05) is 33.9 Å². The maximum Gasteiger partial charge on any atom is 0.160 e. The zero-order chi connectivity index (χ0) is 18.7. The largest absolute Gasteiger partial charge is 0.493 e. The number of hydrogen-bond acceptors (Lipinski definition) is 4. The summed E-state index contributed by atoms with van der Waals surface area (Å²) >= 11 is 12.1. The molecule has 3 rings (SSSR count). The van der Waals surface area contributed by atoms with Crippen LogP contribution >= 0.6 is 23.2 Å². The summed E-state index contributed by atoms with van der Waals surface area (Å²) in [5.41, 5.74) is 2.63. The SMILES string of the molecule is COc1ccc(C2CC(=O)C=C(Nc3cc(Cl)cc(Cl)c3)C2)cc1OC.